The van der Waals surface area contributed by atoms with Crippen LogP contribution in [0, 0.1) is 0 Å². The summed E-state index contributed by atoms with van der Waals surface area (Å²) in [5.41, 5.74) is 9.24. The van der Waals surface area contributed by atoms with Gasteiger partial charge in [0.05, 0.1) is 0 Å². The Morgan fingerprint density at radius 1 is 0.255 bits per heavy atom. The molecule has 0 bridgehead atoms. The van der Waals surface area contributed by atoms with E-state index in [1.54, 1.807) is 0 Å². The van der Waals surface area contributed by atoms with Crippen LogP contribution in [0.5, 0.6) is 0 Å². The molecule has 1 heteroatoms. The van der Waals surface area contributed by atoms with Crippen LogP contribution in [0.4, 0.5) is 0 Å². The van der Waals surface area contributed by atoms with Gasteiger partial charge in [0, 0.05) is 10.8 Å². The molecular formula is C50H30O. The van der Waals surface area contributed by atoms with Gasteiger partial charge in [-0.3, -0.25) is 0 Å². The van der Waals surface area contributed by atoms with E-state index in [2.05, 4.69) is 182 Å². The molecule has 11 aromatic rings. The first kappa shape index (κ1) is 28.2. The van der Waals surface area contributed by atoms with Gasteiger partial charge in [-0.1, -0.05) is 146 Å². The topological polar surface area (TPSA) is 13.1 Å². The molecule has 1 nitrogen and oxygen atoms in total. The van der Waals surface area contributed by atoms with Crippen molar-refractivity contribution in [1.29, 1.82) is 0 Å². The van der Waals surface area contributed by atoms with E-state index in [-0.39, 0.29) is 0 Å². The number of fused-ring (bicyclic) bond motifs is 8. The standard InChI is InChI=1S/C50H30O/c1-2-14-33-30-48-46(27-32(33)13-1)45-28-35(24-25-47(45)51-48)44-29-36(26-34-15-4-6-18-38(34)44)49-40-19-7-9-21-42(40)50(43-22-10-8-20-41(43)49)39-23-11-16-31-12-3-5-17-37(31)39/h1-30H. The van der Waals surface area contributed by atoms with Gasteiger partial charge in [0.25, 0.3) is 0 Å². The molecule has 236 valence electrons. The van der Waals surface area contributed by atoms with Gasteiger partial charge in [-0.25, -0.2) is 0 Å². The van der Waals surface area contributed by atoms with Crippen LogP contribution in [0.2, 0.25) is 0 Å². The molecule has 0 atom stereocenters. The van der Waals surface area contributed by atoms with Crippen molar-refractivity contribution in [3.05, 3.63) is 182 Å². The van der Waals surface area contributed by atoms with Crippen molar-refractivity contribution in [3.63, 3.8) is 0 Å². The third-order valence-corrected chi connectivity index (χ3v) is 10.8. The third-order valence-electron chi connectivity index (χ3n) is 10.8. The summed E-state index contributed by atoms with van der Waals surface area (Å²) in [7, 11) is 0. The van der Waals surface area contributed by atoms with Crippen LogP contribution in [0.25, 0.3) is 109 Å². The van der Waals surface area contributed by atoms with E-state index in [9.17, 15) is 0 Å². The molecule has 0 amide bonds. The van der Waals surface area contributed by atoms with Crippen molar-refractivity contribution in [2.75, 3.05) is 0 Å². The van der Waals surface area contributed by atoms with Gasteiger partial charge in [-0.05, 0) is 124 Å². The van der Waals surface area contributed by atoms with Crippen LogP contribution >= 0.6 is 0 Å². The van der Waals surface area contributed by atoms with E-state index in [4.69, 9.17) is 4.42 Å². The van der Waals surface area contributed by atoms with Gasteiger partial charge in [0.15, 0.2) is 0 Å². The summed E-state index contributed by atoms with van der Waals surface area (Å²) in [6.45, 7) is 0. The summed E-state index contributed by atoms with van der Waals surface area (Å²) < 4.78 is 6.40. The third kappa shape index (κ3) is 4.28. The van der Waals surface area contributed by atoms with E-state index < -0.39 is 0 Å². The van der Waals surface area contributed by atoms with Gasteiger partial charge in [0.1, 0.15) is 11.2 Å². The molecule has 0 saturated heterocycles. The van der Waals surface area contributed by atoms with E-state index >= 15 is 0 Å². The highest BCUT2D eigenvalue weighted by Gasteiger charge is 2.19. The Morgan fingerprint density at radius 2 is 0.784 bits per heavy atom. The quantitative estimate of drug-likeness (QED) is 0.174. The van der Waals surface area contributed by atoms with Gasteiger partial charge in [0.2, 0.25) is 0 Å². The smallest absolute Gasteiger partial charge is 0.136 e. The molecule has 0 fully saturated rings. The second-order valence-corrected chi connectivity index (χ2v) is 13.6. The lowest BCUT2D eigenvalue weighted by Crippen LogP contribution is -1.92. The number of rotatable bonds is 3. The predicted molar refractivity (Wildman–Crippen MR) is 218 cm³/mol. The van der Waals surface area contributed by atoms with E-state index in [1.165, 1.54) is 87.2 Å². The highest BCUT2D eigenvalue weighted by atomic mass is 16.3. The average molecular weight is 647 g/mol. The monoisotopic (exact) mass is 646 g/mol. The molecule has 0 aliphatic carbocycles. The highest BCUT2D eigenvalue weighted by molar-refractivity contribution is 6.24. The zero-order valence-corrected chi connectivity index (χ0v) is 27.7. The normalized spacial score (nSPS) is 11.9. The largest absolute Gasteiger partial charge is 0.456 e. The van der Waals surface area contributed by atoms with Gasteiger partial charge in [-0.15, -0.1) is 0 Å². The molecule has 11 rings (SSSR count). The van der Waals surface area contributed by atoms with Crippen molar-refractivity contribution in [3.8, 4) is 33.4 Å². The molecule has 1 heterocycles. The number of benzene rings is 10. The summed E-state index contributed by atoms with van der Waals surface area (Å²) >= 11 is 0. The molecule has 0 aliphatic rings. The Balaban J connectivity index is 1.20. The van der Waals surface area contributed by atoms with Gasteiger partial charge >= 0.3 is 0 Å². The van der Waals surface area contributed by atoms with Crippen molar-refractivity contribution in [2.24, 2.45) is 0 Å². The highest BCUT2D eigenvalue weighted by Crippen LogP contribution is 2.47. The first-order valence-electron chi connectivity index (χ1n) is 17.6. The van der Waals surface area contributed by atoms with Gasteiger partial charge < -0.3 is 4.42 Å². The van der Waals surface area contributed by atoms with E-state index in [1.807, 2.05) is 0 Å². The van der Waals surface area contributed by atoms with Crippen LogP contribution in [0.3, 0.4) is 0 Å². The summed E-state index contributed by atoms with van der Waals surface area (Å²) in [5, 5.41) is 14.7. The Labute approximate surface area is 294 Å². The number of hydrogen-bond donors (Lipinski definition) is 0. The second-order valence-electron chi connectivity index (χ2n) is 13.6. The van der Waals surface area contributed by atoms with E-state index in [0.29, 0.717) is 0 Å². The summed E-state index contributed by atoms with van der Waals surface area (Å²) in [6.07, 6.45) is 0. The lowest BCUT2D eigenvalue weighted by Gasteiger charge is -2.20. The van der Waals surface area contributed by atoms with Crippen LogP contribution in [-0.2, 0) is 0 Å². The van der Waals surface area contributed by atoms with Crippen LogP contribution in [0.1, 0.15) is 0 Å². The van der Waals surface area contributed by atoms with Crippen LogP contribution in [0.15, 0.2) is 186 Å². The minimum atomic E-state index is 0.908. The average Bonchev–Trinajstić information content (AvgIpc) is 3.55. The lowest BCUT2D eigenvalue weighted by atomic mass is 9.83. The summed E-state index contributed by atoms with van der Waals surface area (Å²) in [6, 6.07) is 66.5. The Morgan fingerprint density at radius 3 is 1.49 bits per heavy atom. The molecule has 51 heavy (non-hydrogen) atoms. The minimum absolute atomic E-state index is 0.908. The molecule has 0 N–H and O–H groups in total. The SMILES string of the molecule is c1ccc2cc3c(cc2c1)oc1ccc(-c2cc(-c4c5ccccc5c(-c5cccc6ccccc56)c5ccccc45)cc4ccccc24)cc13. The van der Waals surface area contributed by atoms with Crippen molar-refractivity contribution in [1.82, 2.24) is 0 Å². The number of hydrogen-bond acceptors (Lipinski definition) is 1. The van der Waals surface area contributed by atoms with Crippen molar-refractivity contribution >= 4 is 75.8 Å². The Kier molecular flexibility index (Phi) is 6.02. The number of furan rings is 1. The first-order chi connectivity index (χ1) is 25.3. The first-order valence-corrected chi connectivity index (χ1v) is 17.6. The van der Waals surface area contributed by atoms with Gasteiger partial charge in [-0.2, -0.15) is 0 Å². The Bertz CT molecular complexity index is 3130. The van der Waals surface area contributed by atoms with E-state index in [0.717, 1.165) is 21.9 Å². The summed E-state index contributed by atoms with van der Waals surface area (Å²) in [5.74, 6) is 0. The summed E-state index contributed by atoms with van der Waals surface area (Å²) in [4.78, 5) is 0. The zero-order valence-electron chi connectivity index (χ0n) is 27.7. The molecule has 1 aromatic heterocycles. The fraction of sp³-hybridized carbons (Fsp3) is 0. The maximum Gasteiger partial charge on any atom is 0.136 e. The molecule has 0 spiro atoms. The zero-order chi connectivity index (χ0) is 33.5. The molecule has 0 radical (unpaired) electrons. The molecule has 0 aliphatic heterocycles. The fourth-order valence-electron chi connectivity index (χ4n) is 8.50. The molecule has 0 saturated carbocycles. The fourth-order valence-corrected chi connectivity index (χ4v) is 8.50. The minimum Gasteiger partial charge on any atom is -0.456 e. The molecule has 10 aromatic carbocycles. The Hall–Kier alpha value is -6.70. The molecular weight excluding hydrogens is 617 g/mol. The maximum absolute atomic E-state index is 6.40. The second kappa shape index (κ2) is 10.9. The predicted octanol–water partition coefficient (Wildman–Crippen LogP) is 14.4. The lowest BCUT2D eigenvalue weighted by molar-refractivity contribution is 0.669. The van der Waals surface area contributed by atoms with Crippen LogP contribution in [-0.4, -0.2) is 0 Å². The van der Waals surface area contributed by atoms with Crippen molar-refractivity contribution < 1.29 is 4.42 Å². The van der Waals surface area contributed by atoms with Crippen LogP contribution < -0.4 is 0 Å². The maximum atomic E-state index is 6.40. The van der Waals surface area contributed by atoms with Crippen molar-refractivity contribution in [2.45, 2.75) is 0 Å². The molecule has 0 unspecified atom stereocenters.